The predicted octanol–water partition coefficient (Wildman–Crippen LogP) is 3.53. The van der Waals surface area contributed by atoms with Gasteiger partial charge in [-0.1, -0.05) is 11.6 Å². The van der Waals surface area contributed by atoms with Gasteiger partial charge in [-0.05, 0) is 55.1 Å². The summed E-state index contributed by atoms with van der Waals surface area (Å²) in [4.78, 5) is 21.8. The molecule has 0 spiro atoms. The van der Waals surface area contributed by atoms with E-state index in [-0.39, 0.29) is 5.91 Å². The van der Waals surface area contributed by atoms with Crippen molar-refractivity contribution in [2.45, 2.75) is 12.6 Å². The Morgan fingerprint density at radius 1 is 1.35 bits per heavy atom. The molecule has 3 N–H and O–H groups in total. The standard InChI is InChI=1S/C14H15ClN2OS.C2HF3O2/c15-11-1-2-12-10(5-11)6-13(19-12)14(18)17-8-9-3-4-16-7-9;3-2(4,5)1(6)7/h1-2,5-6,9,16H,3-4,7-8H2,(H,17,18);(H,6,7)/t9-;/m0./s1. The van der Waals surface area contributed by atoms with Gasteiger partial charge in [0.05, 0.1) is 4.88 Å². The summed E-state index contributed by atoms with van der Waals surface area (Å²) in [6.45, 7) is 2.81. The Morgan fingerprint density at radius 2 is 2.04 bits per heavy atom. The number of fused-ring (bicyclic) bond motifs is 1. The lowest BCUT2D eigenvalue weighted by Gasteiger charge is -2.08. The Kier molecular flexibility index (Phi) is 6.85. The normalized spacial score (nSPS) is 16.8. The summed E-state index contributed by atoms with van der Waals surface area (Å²) in [5, 5.41) is 15.2. The zero-order chi connectivity index (χ0) is 19.3. The van der Waals surface area contributed by atoms with Crippen LogP contribution in [0.5, 0.6) is 0 Å². The fourth-order valence-corrected chi connectivity index (χ4v) is 3.48. The number of carboxylic acids is 1. The van der Waals surface area contributed by atoms with E-state index in [0.717, 1.165) is 41.0 Å². The quantitative estimate of drug-likeness (QED) is 0.726. The largest absolute Gasteiger partial charge is 0.490 e. The van der Waals surface area contributed by atoms with Gasteiger partial charge in [0.25, 0.3) is 5.91 Å². The number of hydrogen-bond donors (Lipinski definition) is 3. The van der Waals surface area contributed by atoms with Crippen LogP contribution in [-0.2, 0) is 4.79 Å². The SMILES string of the molecule is O=C(NC[C@H]1CCNC1)c1cc2cc(Cl)ccc2s1.O=C(O)C(F)(F)F. The first-order chi connectivity index (χ1) is 12.2. The molecule has 5 nitrogen and oxygen atoms in total. The molecule has 1 aromatic carbocycles. The second kappa shape index (κ2) is 8.70. The Balaban J connectivity index is 0.000000298. The molecular formula is C16H16ClF3N2O3S. The van der Waals surface area contributed by atoms with Gasteiger partial charge in [-0.15, -0.1) is 11.3 Å². The van der Waals surface area contributed by atoms with Crippen LogP contribution in [0.2, 0.25) is 5.02 Å². The smallest absolute Gasteiger partial charge is 0.475 e. The van der Waals surface area contributed by atoms with E-state index >= 15 is 0 Å². The highest BCUT2D eigenvalue weighted by Crippen LogP contribution is 2.28. The average Bonchev–Trinajstić information content (AvgIpc) is 3.21. The lowest BCUT2D eigenvalue weighted by molar-refractivity contribution is -0.192. The fourth-order valence-electron chi connectivity index (χ4n) is 2.34. The van der Waals surface area contributed by atoms with Crippen molar-refractivity contribution in [3.63, 3.8) is 0 Å². The predicted molar refractivity (Wildman–Crippen MR) is 93.8 cm³/mol. The number of alkyl halides is 3. The second-order valence-corrected chi connectivity index (χ2v) is 7.18. The van der Waals surface area contributed by atoms with Crippen molar-refractivity contribution in [2.24, 2.45) is 5.92 Å². The molecule has 0 unspecified atom stereocenters. The van der Waals surface area contributed by atoms with E-state index in [1.54, 1.807) is 0 Å². The summed E-state index contributed by atoms with van der Waals surface area (Å²) < 4.78 is 32.8. The van der Waals surface area contributed by atoms with Crippen molar-refractivity contribution in [2.75, 3.05) is 19.6 Å². The van der Waals surface area contributed by atoms with Gasteiger partial charge in [-0.3, -0.25) is 4.79 Å². The first-order valence-corrected chi connectivity index (χ1v) is 8.84. The summed E-state index contributed by atoms with van der Waals surface area (Å²) >= 11 is 7.46. The molecule has 3 rings (SSSR count). The Morgan fingerprint density at radius 3 is 2.62 bits per heavy atom. The monoisotopic (exact) mass is 408 g/mol. The summed E-state index contributed by atoms with van der Waals surface area (Å²) in [6, 6.07) is 7.62. The molecule has 0 bridgehead atoms. The van der Waals surface area contributed by atoms with Gasteiger partial charge < -0.3 is 15.7 Å². The molecule has 1 atom stereocenters. The maximum absolute atomic E-state index is 12.1. The molecule has 0 aliphatic carbocycles. The van der Waals surface area contributed by atoms with E-state index < -0.39 is 12.1 Å². The number of carboxylic acid groups (broad SMARTS) is 1. The molecular weight excluding hydrogens is 393 g/mol. The van der Waals surface area contributed by atoms with Gasteiger partial charge in [0.2, 0.25) is 0 Å². The topological polar surface area (TPSA) is 78.4 Å². The lowest BCUT2D eigenvalue weighted by Crippen LogP contribution is -2.29. The zero-order valence-corrected chi connectivity index (χ0v) is 15.0. The fraction of sp³-hybridized carbons (Fsp3) is 0.375. The maximum atomic E-state index is 12.1. The van der Waals surface area contributed by atoms with Crippen LogP contribution in [0.15, 0.2) is 24.3 Å². The van der Waals surface area contributed by atoms with Gasteiger partial charge in [-0.2, -0.15) is 13.2 Å². The van der Waals surface area contributed by atoms with E-state index in [9.17, 15) is 18.0 Å². The summed E-state index contributed by atoms with van der Waals surface area (Å²) in [5.41, 5.74) is 0. The third kappa shape index (κ3) is 5.86. The Bertz CT molecular complexity index is 789. The first kappa shape index (κ1) is 20.5. The molecule has 26 heavy (non-hydrogen) atoms. The van der Waals surface area contributed by atoms with Gasteiger partial charge in [0, 0.05) is 16.3 Å². The number of benzene rings is 1. The molecule has 1 saturated heterocycles. The van der Waals surface area contributed by atoms with Gasteiger partial charge in [0.15, 0.2) is 0 Å². The summed E-state index contributed by atoms with van der Waals surface area (Å²) in [6.07, 6.45) is -3.94. The summed E-state index contributed by atoms with van der Waals surface area (Å²) in [5.74, 6) is -2.18. The molecule has 1 amide bonds. The molecule has 10 heteroatoms. The number of carbonyl (C=O) groups is 2. The van der Waals surface area contributed by atoms with Gasteiger partial charge in [-0.25, -0.2) is 4.79 Å². The van der Waals surface area contributed by atoms with Crippen molar-refractivity contribution >= 4 is 44.9 Å². The number of amides is 1. The highest BCUT2D eigenvalue weighted by atomic mass is 35.5. The van der Waals surface area contributed by atoms with Crippen molar-refractivity contribution in [3.8, 4) is 0 Å². The minimum Gasteiger partial charge on any atom is -0.475 e. The van der Waals surface area contributed by atoms with Crippen molar-refractivity contribution in [3.05, 3.63) is 34.2 Å². The minimum absolute atomic E-state index is 0.0178. The Labute approximate surface area is 156 Å². The lowest BCUT2D eigenvalue weighted by atomic mass is 10.1. The number of aliphatic carboxylic acids is 1. The average molecular weight is 409 g/mol. The Hall–Kier alpha value is -1.84. The van der Waals surface area contributed by atoms with Crippen LogP contribution < -0.4 is 10.6 Å². The summed E-state index contributed by atoms with van der Waals surface area (Å²) in [7, 11) is 0. The highest BCUT2D eigenvalue weighted by molar-refractivity contribution is 7.20. The second-order valence-electron chi connectivity index (χ2n) is 5.66. The molecule has 0 radical (unpaired) electrons. The van der Waals surface area contributed by atoms with Crippen molar-refractivity contribution in [1.82, 2.24) is 10.6 Å². The first-order valence-electron chi connectivity index (χ1n) is 7.65. The van der Waals surface area contributed by atoms with Crippen molar-refractivity contribution < 1.29 is 27.9 Å². The number of nitrogens with one attached hydrogen (secondary N) is 2. The van der Waals surface area contributed by atoms with Crippen LogP contribution >= 0.6 is 22.9 Å². The number of rotatable bonds is 3. The molecule has 0 saturated carbocycles. The third-order valence-electron chi connectivity index (χ3n) is 3.66. The minimum atomic E-state index is -5.08. The van der Waals surface area contributed by atoms with Crippen LogP contribution in [0, 0.1) is 5.92 Å². The molecule has 1 aliphatic rings. The zero-order valence-electron chi connectivity index (χ0n) is 13.4. The molecule has 2 aromatic rings. The van der Waals surface area contributed by atoms with E-state index in [4.69, 9.17) is 21.5 Å². The molecule has 142 valence electrons. The van der Waals surface area contributed by atoms with E-state index in [1.165, 1.54) is 11.3 Å². The van der Waals surface area contributed by atoms with Gasteiger partial charge >= 0.3 is 12.1 Å². The van der Waals surface area contributed by atoms with Crippen LogP contribution in [0.3, 0.4) is 0 Å². The van der Waals surface area contributed by atoms with Crippen LogP contribution in [0.25, 0.3) is 10.1 Å². The maximum Gasteiger partial charge on any atom is 0.490 e. The highest BCUT2D eigenvalue weighted by Gasteiger charge is 2.38. The number of carbonyl (C=O) groups excluding carboxylic acids is 1. The molecule has 1 fully saturated rings. The number of hydrogen-bond acceptors (Lipinski definition) is 4. The third-order valence-corrected chi connectivity index (χ3v) is 5.01. The van der Waals surface area contributed by atoms with E-state index in [1.807, 2.05) is 24.3 Å². The number of thiophene rings is 1. The van der Waals surface area contributed by atoms with Crippen LogP contribution in [0.4, 0.5) is 13.2 Å². The van der Waals surface area contributed by atoms with Crippen LogP contribution in [-0.4, -0.2) is 42.8 Å². The molecule has 1 aromatic heterocycles. The molecule has 2 heterocycles. The van der Waals surface area contributed by atoms with Gasteiger partial charge in [0.1, 0.15) is 0 Å². The van der Waals surface area contributed by atoms with Crippen LogP contribution in [0.1, 0.15) is 16.1 Å². The molecule has 1 aliphatic heterocycles. The van der Waals surface area contributed by atoms with E-state index in [0.29, 0.717) is 10.9 Å². The van der Waals surface area contributed by atoms with E-state index in [2.05, 4.69) is 10.6 Å². The number of halogens is 4. The van der Waals surface area contributed by atoms with Crippen molar-refractivity contribution in [1.29, 1.82) is 0 Å².